The number of benzene rings is 1. The van der Waals surface area contributed by atoms with Gasteiger partial charge in [-0.25, -0.2) is 4.79 Å². The van der Waals surface area contributed by atoms with Crippen LogP contribution in [-0.4, -0.2) is 28.3 Å². The molecule has 8 heteroatoms. The zero-order valence-corrected chi connectivity index (χ0v) is 17.2. The standard InChI is InChI=1S/C22H16N2O4S2/c25-20-13-28-22(18-5-2-10-29-18,19-6-3-11-30-19)15-12-14(7-8-16(15)23-20)17-4-1-9-24(17)21(26)27/h1-12H,13H2,(H,23,25)(H,26,27). The van der Waals surface area contributed by atoms with Gasteiger partial charge in [-0.3, -0.25) is 9.36 Å². The van der Waals surface area contributed by atoms with Crippen LogP contribution in [0.2, 0.25) is 0 Å². The minimum atomic E-state index is -1.06. The number of nitrogens with one attached hydrogen (secondary N) is 1. The Morgan fingerprint density at radius 3 is 2.43 bits per heavy atom. The van der Waals surface area contributed by atoms with Crippen molar-refractivity contribution in [1.82, 2.24) is 4.57 Å². The van der Waals surface area contributed by atoms with Gasteiger partial charge in [-0.05, 0) is 52.7 Å². The Bertz CT molecular complexity index is 1190. The molecule has 150 valence electrons. The summed E-state index contributed by atoms with van der Waals surface area (Å²) in [6.45, 7) is -0.0919. The van der Waals surface area contributed by atoms with Gasteiger partial charge in [0, 0.05) is 27.2 Å². The number of hydrogen-bond donors (Lipinski definition) is 2. The number of amides is 1. The van der Waals surface area contributed by atoms with Crippen LogP contribution in [0, 0.1) is 0 Å². The molecule has 0 bridgehead atoms. The van der Waals surface area contributed by atoms with E-state index in [-0.39, 0.29) is 12.5 Å². The Morgan fingerprint density at radius 1 is 1.07 bits per heavy atom. The molecule has 0 saturated carbocycles. The molecular weight excluding hydrogens is 420 g/mol. The number of aromatic nitrogens is 1. The van der Waals surface area contributed by atoms with Crippen molar-refractivity contribution in [3.05, 3.63) is 86.9 Å². The van der Waals surface area contributed by atoms with E-state index in [9.17, 15) is 14.7 Å². The van der Waals surface area contributed by atoms with Crippen LogP contribution in [0.4, 0.5) is 10.5 Å². The van der Waals surface area contributed by atoms with E-state index < -0.39 is 11.7 Å². The van der Waals surface area contributed by atoms with Crippen molar-refractivity contribution in [1.29, 1.82) is 0 Å². The lowest BCUT2D eigenvalue weighted by Gasteiger charge is -2.32. The first-order valence-corrected chi connectivity index (χ1v) is 10.9. The van der Waals surface area contributed by atoms with E-state index in [2.05, 4.69) is 5.32 Å². The minimum Gasteiger partial charge on any atom is -0.464 e. The number of nitrogens with zero attached hydrogens (tertiary/aromatic N) is 1. The summed E-state index contributed by atoms with van der Waals surface area (Å²) in [5.74, 6) is -0.229. The van der Waals surface area contributed by atoms with Gasteiger partial charge < -0.3 is 15.2 Å². The molecule has 5 rings (SSSR count). The number of carbonyl (C=O) groups is 2. The summed E-state index contributed by atoms with van der Waals surface area (Å²) in [7, 11) is 0. The van der Waals surface area contributed by atoms with Crippen LogP contribution in [0.15, 0.2) is 71.6 Å². The maximum atomic E-state index is 12.4. The fraction of sp³-hybridized carbons (Fsp3) is 0.0909. The molecule has 0 radical (unpaired) electrons. The van der Waals surface area contributed by atoms with Gasteiger partial charge in [0.15, 0.2) is 5.60 Å². The second-order valence-corrected chi connectivity index (χ2v) is 8.67. The van der Waals surface area contributed by atoms with Crippen LogP contribution in [0.3, 0.4) is 0 Å². The average molecular weight is 437 g/mol. The zero-order valence-electron chi connectivity index (χ0n) is 15.6. The Morgan fingerprint density at radius 2 is 1.80 bits per heavy atom. The fourth-order valence-corrected chi connectivity index (χ4v) is 5.69. The fourth-order valence-electron chi connectivity index (χ4n) is 3.81. The van der Waals surface area contributed by atoms with Crippen LogP contribution in [-0.2, 0) is 15.1 Å². The lowest BCUT2D eigenvalue weighted by Crippen LogP contribution is -2.31. The van der Waals surface area contributed by atoms with Gasteiger partial charge in [0.25, 0.3) is 0 Å². The molecule has 1 aromatic carbocycles. The summed E-state index contributed by atoms with van der Waals surface area (Å²) in [6.07, 6.45) is 0.449. The van der Waals surface area contributed by atoms with Crippen molar-refractivity contribution >= 4 is 40.4 Å². The zero-order chi connectivity index (χ0) is 20.7. The summed E-state index contributed by atoms with van der Waals surface area (Å²) < 4.78 is 7.53. The average Bonchev–Trinajstić information content (AvgIpc) is 3.50. The molecule has 3 aromatic heterocycles. The second-order valence-electron chi connectivity index (χ2n) is 6.78. The predicted octanol–water partition coefficient (Wildman–Crippen LogP) is 5.06. The van der Waals surface area contributed by atoms with Gasteiger partial charge in [-0.15, -0.1) is 22.7 Å². The maximum Gasteiger partial charge on any atom is 0.415 e. The highest BCUT2D eigenvalue weighted by atomic mass is 32.1. The molecule has 4 aromatic rings. The lowest BCUT2D eigenvalue weighted by atomic mass is 9.87. The topological polar surface area (TPSA) is 80.6 Å². The molecule has 1 aliphatic heterocycles. The summed E-state index contributed by atoms with van der Waals surface area (Å²) in [4.78, 5) is 26.0. The Hall–Kier alpha value is -3.20. The molecule has 0 spiro atoms. The number of rotatable bonds is 3. The lowest BCUT2D eigenvalue weighted by molar-refractivity contribution is -0.123. The first-order chi connectivity index (χ1) is 14.6. The Balaban J connectivity index is 1.80. The number of carbonyl (C=O) groups excluding carboxylic acids is 1. The van der Waals surface area contributed by atoms with E-state index in [0.29, 0.717) is 11.4 Å². The number of carboxylic acid groups (broad SMARTS) is 1. The first kappa shape index (κ1) is 18.8. The van der Waals surface area contributed by atoms with E-state index in [0.717, 1.165) is 20.9 Å². The Kier molecular flexibility index (Phi) is 4.54. The third kappa shape index (κ3) is 2.88. The number of thiophene rings is 2. The van der Waals surface area contributed by atoms with E-state index in [1.165, 1.54) is 10.8 Å². The highest BCUT2D eigenvalue weighted by Crippen LogP contribution is 2.48. The molecule has 0 aliphatic carbocycles. The van der Waals surface area contributed by atoms with Crippen LogP contribution in [0.25, 0.3) is 11.3 Å². The molecule has 0 unspecified atom stereocenters. The van der Waals surface area contributed by atoms with Gasteiger partial charge in [0.05, 0.1) is 5.69 Å². The van der Waals surface area contributed by atoms with Crippen LogP contribution >= 0.6 is 22.7 Å². The SMILES string of the molecule is O=C1COC(c2cccs2)(c2cccs2)c2cc(-c3cccn3C(=O)O)ccc2N1. The largest absolute Gasteiger partial charge is 0.464 e. The van der Waals surface area contributed by atoms with E-state index >= 15 is 0 Å². The van der Waals surface area contributed by atoms with Crippen LogP contribution in [0.1, 0.15) is 15.3 Å². The smallest absolute Gasteiger partial charge is 0.415 e. The second kappa shape index (κ2) is 7.24. The number of anilines is 1. The van der Waals surface area contributed by atoms with Crippen LogP contribution in [0.5, 0.6) is 0 Å². The van der Waals surface area contributed by atoms with Crippen molar-refractivity contribution in [3.63, 3.8) is 0 Å². The normalized spacial score (nSPS) is 15.3. The molecular formula is C22H16N2O4S2. The number of hydrogen-bond acceptors (Lipinski definition) is 5. The monoisotopic (exact) mass is 436 g/mol. The van der Waals surface area contributed by atoms with Crippen molar-refractivity contribution in [2.75, 3.05) is 11.9 Å². The minimum absolute atomic E-state index is 0.0919. The summed E-state index contributed by atoms with van der Waals surface area (Å²) in [6, 6.07) is 16.9. The quantitative estimate of drug-likeness (QED) is 0.470. The summed E-state index contributed by atoms with van der Waals surface area (Å²) in [5.41, 5.74) is 1.73. The summed E-state index contributed by atoms with van der Waals surface area (Å²) in [5, 5.41) is 16.4. The van der Waals surface area contributed by atoms with Gasteiger partial charge in [-0.1, -0.05) is 18.2 Å². The first-order valence-electron chi connectivity index (χ1n) is 9.17. The summed E-state index contributed by atoms with van der Waals surface area (Å²) >= 11 is 3.11. The van der Waals surface area contributed by atoms with Gasteiger partial charge in [0.2, 0.25) is 5.91 Å². The maximum absolute atomic E-state index is 12.4. The molecule has 30 heavy (non-hydrogen) atoms. The van der Waals surface area contributed by atoms with E-state index in [1.54, 1.807) is 34.8 Å². The van der Waals surface area contributed by atoms with Crippen molar-refractivity contribution in [2.45, 2.75) is 5.60 Å². The van der Waals surface area contributed by atoms with Gasteiger partial charge in [0.1, 0.15) is 6.61 Å². The third-order valence-corrected chi connectivity index (χ3v) is 7.02. The van der Waals surface area contributed by atoms with E-state index in [1.807, 2.05) is 53.2 Å². The molecule has 2 N–H and O–H groups in total. The van der Waals surface area contributed by atoms with Crippen molar-refractivity contribution in [2.24, 2.45) is 0 Å². The predicted molar refractivity (Wildman–Crippen MR) is 116 cm³/mol. The molecule has 4 heterocycles. The van der Waals surface area contributed by atoms with Crippen molar-refractivity contribution in [3.8, 4) is 11.3 Å². The van der Waals surface area contributed by atoms with E-state index in [4.69, 9.17) is 4.74 Å². The highest BCUT2D eigenvalue weighted by molar-refractivity contribution is 7.11. The molecule has 0 fully saturated rings. The van der Waals surface area contributed by atoms with Crippen molar-refractivity contribution < 1.29 is 19.4 Å². The van der Waals surface area contributed by atoms with Gasteiger partial charge in [-0.2, -0.15) is 0 Å². The molecule has 0 saturated heterocycles. The number of ether oxygens (including phenoxy) is 1. The third-order valence-electron chi connectivity index (χ3n) is 5.08. The molecule has 1 aliphatic rings. The molecule has 1 amide bonds. The highest BCUT2D eigenvalue weighted by Gasteiger charge is 2.44. The Labute approximate surface area is 180 Å². The molecule has 6 nitrogen and oxygen atoms in total. The number of fused-ring (bicyclic) bond motifs is 1. The molecule has 0 atom stereocenters. The van der Waals surface area contributed by atoms with Gasteiger partial charge >= 0.3 is 6.09 Å². The van der Waals surface area contributed by atoms with Crippen LogP contribution < -0.4 is 5.32 Å².